The van der Waals surface area contributed by atoms with E-state index in [2.05, 4.69) is 15.9 Å². The zero-order chi connectivity index (χ0) is 13.0. The summed E-state index contributed by atoms with van der Waals surface area (Å²) in [6.07, 6.45) is 2.42. The molecule has 92 valence electrons. The molecule has 1 nitrogen and oxygen atoms in total. The van der Waals surface area contributed by atoms with Crippen LogP contribution in [0.5, 0.6) is 0 Å². The van der Waals surface area contributed by atoms with Gasteiger partial charge in [-0.15, -0.1) is 11.8 Å². The van der Waals surface area contributed by atoms with Crippen molar-refractivity contribution in [3.05, 3.63) is 64.1 Å². The molecule has 3 heteroatoms. The maximum atomic E-state index is 12.3. The maximum Gasteiger partial charge on any atom is 0.168 e. The third kappa shape index (κ3) is 3.03. The highest BCUT2D eigenvalue weighted by molar-refractivity contribution is 9.10. The Morgan fingerprint density at radius 2 is 1.78 bits per heavy atom. The van der Waals surface area contributed by atoms with E-state index in [1.807, 2.05) is 54.8 Å². The molecule has 0 saturated carbocycles. The van der Waals surface area contributed by atoms with Gasteiger partial charge in [0, 0.05) is 21.4 Å². The highest BCUT2D eigenvalue weighted by Crippen LogP contribution is 2.23. The summed E-state index contributed by atoms with van der Waals surface area (Å²) in [6, 6.07) is 15.6. The van der Waals surface area contributed by atoms with Gasteiger partial charge in [-0.2, -0.15) is 0 Å². The molecule has 0 fully saturated rings. The molecule has 2 aromatic rings. The van der Waals surface area contributed by atoms with Crippen molar-refractivity contribution in [3.8, 4) is 0 Å². The summed E-state index contributed by atoms with van der Waals surface area (Å²) >= 11 is 5.08. The molecule has 0 spiro atoms. The van der Waals surface area contributed by atoms with Gasteiger partial charge in [0.15, 0.2) is 5.78 Å². The van der Waals surface area contributed by atoms with E-state index in [1.165, 1.54) is 0 Å². The van der Waals surface area contributed by atoms with Gasteiger partial charge in [0.2, 0.25) is 0 Å². The Bertz CT molecular complexity index is 566. The summed E-state index contributed by atoms with van der Waals surface area (Å²) in [6.45, 7) is 0. The number of hydrogen-bond acceptors (Lipinski definition) is 2. The maximum absolute atomic E-state index is 12.3. The van der Waals surface area contributed by atoms with Crippen molar-refractivity contribution in [1.82, 2.24) is 0 Å². The van der Waals surface area contributed by atoms with E-state index in [0.717, 1.165) is 20.5 Å². The molecule has 0 unspecified atom stereocenters. The molecule has 0 aromatic heterocycles. The lowest BCUT2D eigenvalue weighted by Crippen LogP contribution is -2.05. The third-order valence-electron chi connectivity index (χ3n) is 2.72. The normalized spacial score (nSPS) is 10.3. The van der Waals surface area contributed by atoms with Crippen LogP contribution in [0.2, 0.25) is 0 Å². The Morgan fingerprint density at radius 1 is 1.11 bits per heavy atom. The molecule has 18 heavy (non-hydrogen) atoms. The van der Waals surface area contributed by atoms with E-state index >= 15 is 0 Å². The van der Waals surface area contributed by atoms with Crippen LogP contribution in [0.25, 0.3) is 0 Å². The first-order valence-electron chi connectivity index (χ1n) is 5.62. The molecular formula is C15H13BrOS. The summed E-state index contributed by atoms with van der Waals surface area (Å²) in [5, 5.41) is 0. The highest BCUT2D eigenvalue weighted by Gasteiger charge is 2.12. The molecule has 0 aliphatic rings. The fourth-order valence-electron chi connectivity index (χ4n) is 1.78. The molecule has 0 heterocycles. The van der Waals surface area contributed by atoms with Crippen LogP contribution in [0.1, 0.15) is 15.9 Å². The molecule has 2 aromatic carbocycles. The Labute approximate surface area is 120 Å². The zero-order valence-corrected chi connectivity index (χ0v) is 12.4. The summed E-state index contributed by atoms with van der Waals surface area (Å²) < 4.78 is 0.986. The summed E-state index contributed by atoms with van der Waals surface area (Å²) in [5.41, 5.74) is 1.83. The van der Waals surface area contributed by atoms with Crippen LogP contribution >= 0.6 is 27.7 Å². The average molecular weight is 321 g/mol. The number of thioether (sulfide) groups is 1. The summed E-state index contributed by atoms with van der Waals surface area (Å²) in [7, 11) is 0. The Hall–Kier alpha value is -1.06. The van der Waals surface area contributed by atoms with Crippen molar-refractivity contribution in [1.29, 1.82) is 0 Å². The number of carbonyl (C=O) groups is 1. The molecule has 0 radical (unpaired) electrons. The van der Waals surface area contributed by atoms with Gasteiger partial charge < -0.3 is 0 Å². The van der Waals surface area contributed by atoms with Crippen LogP contribution < -0.4 is 0 Å². The van der Waals surface area contributed by atoms with Gasteiger partial charge in [-0.05, 0) is 24.0 Å². The predicted octanol–water partition coefficient (Wildman–Crippen LogP) is 4.60. The van der Waals surface area contributed by atoms with Crippen LogP contribution in [0.15, 0.2) is 57.9 Å². The van der Waals surface area contributed by atoms with Gasteiger partial charge in [-0.1, -0.05) is 52.3 Å². The molecule has 0 aliphatic carbocycles. The zero-order valence-electron chi connectivity index (χ0n) is 10.0. The first-order valence-corrected chi connectivity index (χ1v) is 7.64. The van der Waals surface area contributed by atoms with Gasteiger partial charge >= 0.3 is 0 Å². The molecule has 0 bridgehead atoms. The highest BCUT2D eigenvalue weighted by atomic mass is 79.9. The average Bonchev–Trinajstić information content (AvgIpc) is 2.41. The Kier molecular flexibility index (Phi) is 4.61. The van der Waals surface area contributed by atoms with Crippen LogP contribution in [0, 0.1) is 0 Å². The van der Waals surface area contributed by atoms with Gasteiger partial charge in [0.1, 0.15) is 0 Å². The minimum absolute atomic E-state index is 0.159. The van der Waals surface area contributed by atoms with E-state index in [4.69, 9.17) is 0 Å². The molecule has 0 atom stereocenters. The second kappa shape index (κ2) is 6.21. The Balaban J connectivity index is 2.25. The minimum Gasteiger partial charge on any atom is -0.294 e. The van der Waals surface area contributed by atoms with Crippen molar-refractivity contribution < 1.29 is 4.79 Å². The summed E-state index contributed by atoms with van der Waals surface area (Å²) in [4.78, 5) is 13.3. The van der Waals surface area contributed by atoms with Gasteiger partial charge in [-0.3, -0.25) is 4.79 Å². The van der Waals surface area contributed by atoms with Crippen LogP contribution in [0.4, 0.5) is 0 Å². The standard InChI is InChI=1S/C15H13BrOS/c1-18-15-9-5-3-7-12(15)14(17)10-11-6-2-4-8-13(11)16/h2-9H,10H2,1H3. The molecule has 2 rings (SSSR count). The number of rotatable bonds is 4. The number of Topliss-reactive ketones (excluding diaryl/α,β-unsaturated/α-hetero) is 1. The van der Waals surface area contributed by atoms with Crippen molar-refractivity contribution in [2.45, 2.75) is 11.3 Å². The number of halogens is 1. The molecule has 0 aliphatic heterocycles. The second-order valence-corrected chi connectivity index (χ2v) is 5.59. The monoisotopic (exact) mass is 320 g/mol. The van der Waals surface area contributed by atoms with Gasteiger partial charge in [0.05, 0.1) is 0 Å². The molecule has 0 amide bonds. The smallest absolute Gasteiger partial charge is 0.168 e. The fraction of sp³-hybridized carbons (Fsp3) is 0.133. The minimum atomic E-state index is 0.159. The van der Waals surface area contributed by atoms with Crippen LogP contribution in [-0.2, 0) is 6.42 Å². The second-order valence-electron chi connectivity index (χ2n) is 3.89. The van der Waals surface area contributed by atoms with Crippen molar-refractivity contribution in [2.75, 3.05) is 6.26 Å². The van der Waals surface area contributed by atoms with Crippen molar-refractivity contribution >= 4 is 33.5 Å². The van der Waals surface area contributed by atoms with Crippen LogP contribution in [-0.4, -0.2) is 12.0 Å². The Morgan fingerprint density at radius 3 is 2.50 bits per heavy atom. The largest absolute Gasteiger partial charge is 0.294 e. The molecule has 0 saturated heterocycles. The van der Waals surface area contributed by atoms with E-state index in [0.29, 0.717) is 6.42 Å². The molecular weight excluding hydrogens is 308 g/mol. The van der Waals surface area contributed by atoms with E-state index in [9.17, 15) is 4.79 Å². The lowest BCUT2D eigenvalue weighted by Gasteiger charge is -2.07. The van der Waals surface area contributed by atoms with E-state index in [1.54, 1.807) is 11.8 Å². The first-order chi connectivity index (χ1) is 8.72. The number of carbonyl (C=O) groups excluding carboxylic acids is 1. The van der Waals surface area contributed by atoms with Crippen LogP contribution in [0.3, 0.4) is 0 Å². The number of benzene rings is 2. The topological polar surface area (TPSA) is 17.1 Å². The summed E-state index contributed by atoms with van der Waals surface area (Å²) in [5.74, 6) is 0.159. The quantitative estimate of drug-likeness (QED) is 0.605. The van der Waals surface area contributed by atoms with Gasteiger partial charge in [-0.25, -0.2) is 0 Å². The van der Waals surface area contributed by atoms with E-state index in [-0.39, 0.29) is 5.78 Å². The molecule has 0 N–H and O–H groups in total. The SMILES string of the molecule is CSc1ccccc1C(=O)Cc1ccccc1Br. The van der Waals surface area contributed by atoms with E-state index < -0.39 is 0 Å². The fourth-order valence-corrected chi connectivity index (χ4v) is 2.83. The van der Waals surface area contributed by atoms with Crippen molar-refractivity contribution in [3.63, 3.8) is 0 Å². The lowest BCUT2D eigenvalue weighted by atomic mass is 10.0. The third-order valence-corrected chi connectivity index (χ3v) is 4.29. The number of ketones is 1. The lowest BCUT2D eigenvalue weighted by molar-refractivity contribution is 0.0990. The number of hydrogen-bond donors (Lipinski definition) is 0. The van der Waals surface area contributed by atoms with Crippen molar-refractivity contribution in [2.24, 2.45) is 0 Å². The van der Waals surface area contributed by atoms with Gasteiger partial charge in [0.25, 0.3) is 0 Å². The predicted molar refractivity (Wildman–Crippen MR) is 80.4 cm³/mol. The first kappa shape index (κ1) is 13.4.